The van der Waals surface area contributed by atoms with Gasteiger partial charge in [-0.05, 0) is 55.5 Å². The molecular formula is C20H27NO. The second-order valence-corrected chi connectivity index (χ2v) is 6.35. The van der Waals surface area contributed by atoms with E-state index in [2.05, 4.69) is 75.5 Å². The summed E-state index contributed by atoms with van der Waals surface area (Å²) in [5, 5.41) is 3.49. The van der Waals surface area contributed by atoms with Crippen LogP contribution in [-0.4, -0.2) is 6.61 Å². The molecule has 0 heterocycles. The highest BCUT2D eigenvalue weighted by molar-refractivity contribution is 5.52. The number of ether oxygens (including phenoxy) is 1. The molecular weight excluding hydrogens is 270 g/mol. The van der Waals surface area contributed by atoms with E-state index in [1.807, 2.05) is 0 Å². The van der Waals surface area contributed by atoms with Gasteiger partial charge in [0.15, 0.2) is 0 Å². The average molecular weight is 297 g/mol. The summed E-state index contributed by atoms with van der Waals surface area (Å²) in [4.78, 5) is 0. The first kappa shape index (κ1) is 16.4. The molecule has 0 aliphatic carbocycles. The van der Waals surface area contributed by atoms with Crippen LogP contribution in [0.3, 0.4) is 0 Å². The molecule has 0 unspecified atom stereocenters. The number of rotatable bonds is 7. The predicted octanol–water partition coefficient (Wildman–Crippen LogP) is 5.34. The lowest BCUT2D eigenvalue weighted by molar-refractivity contribution is 0.289. The van der Waals surface area contributed by atoms with Gasteiger partial charge in [-0.15, -0.1) is 0 Å². The fraction of sp³-hybridized carbons (Fsp3) is 0.400. The molecule has 2 rings (SSSR count). The van der Waals surface area contributed by atoms with Gasteiger partial charge in [0.2, 0.25) is 0 Å². The molecule has 0 saturated heterocycles. The molecule has 0 spiro atoms. The van der Waals surface area contributed by atoms with Crippen molar-refractivity contribution in [2.45, 2.75) is 40.7 Å². The Labute approximate surface area is 134 Å². The summed E-state index contributed by atoms with van der Waals surface area (Å²) in [7, 11) is 0. The summed E-state index contributed by atoms with van der Waals surface area (Å²) in [5.74, 6) is 1.64. The Morgan fingerprint density at radius 2 is 1.73 bits per heavy atom. The maximum atomic E-state index is 5.75. The maximum Gasteiger partial charge on any atom is 0.119 e. The van der Waals surface area contributed by atoms with Crippen molar-refractivity contribution in [3.05, 3.63) is 59.2 Å². The van der Waals surface area contributed by atoms with E-state index in [0.717, 1.165) is 25.3 Å². The van der Waals surface area contributed by atoms with Crippen molar-refractivity contribution >= 4 is 5.69 Å². The second kappa shape index (κ2) is 7.88. The summed E-state index contributed by atoms with van der Waals surface area (Å²) in [6.07, 6.45) is 1.09. The van der Waals surface area contributed by atoms with Gasteiger partial charge in [-0.25, -0.2) is 0 Å². The SMILES string of the molecule is Cc1ccc(NCc2ccc(OCCC(C)C)cc2)c(C)c1. The summed E-state index contributed by atoms with van der Waals surface area (Å²) in [6, 6.07) is 14.9. The number of anilines is 1. The van der Waals surface area contributed by atoms with Gasteiger partial charge in [-0.2, -0.15) is 0 Å². The van der Waals surface area contributed by atoms with Crippen molar-refractivity contribution in [2.24, 2.45) is 5.92 Å². The third-order valence-electron chi connectivity index (χ3n) is 3.75. The van der Waals surface area contributed by atoms with Crippen LogP contribution in [0.1, 0.15) is 37.0 Å². The van der Waals surface area contributed by atoms with Gasteiger partial charge in [-0.3, -0.25) is 0 Å². The molecule has 0 aromatic heterocycles. The number of hydrogen-bond donors (Lipinski definition) is 1. The molecule has 2 aromatic rings. The topological polar surface area (TPSA) is 21.3 Å². The zero-order valence-corrected chi connectivity index (χ0v) is 14.1. The number of nitrogens with one attached hydrogen (secondary N) is 1. The summed E-state index contributed by atoms with van der Waals surface area (Å²) >= 11 is 0. The van der Waals surface area contributed by atoms with Crippen molar-refractivity contribution in [2.75, 3.05) is 11.9 Å². The van der Waals surface area contributed by atoms with Crippen molar-refractivity contribution in [3.8, 4) is 5.75 Å². The molecule has 2 aromatic carbocycles. The van der Waals surface area contributed by atoms with Gasteiger partial charge in [0.1, 0.15) is 5.75 Å². The highest BCUT2D eigenvalue weighted by atomic mass is 16.5. The lowest BCUT2D eigenvalue weighted by Crippen LogP contribution is -2.03. The maximum absolute atomic E-state index is 5.75. The first-order valence-electron chi connectivity index (χ1n) is 8.07. The monoisotopic (exact) mass is 297 g/mol. The van der Waals surface area contributed by atoms with Crippen LogP contribution in [0.5, 0.6) is 5.75 Å². The van der Waals surface area contributed by atoms with Crippen molar-refractivity contribution in [1.29, 1.82) is 0 Å². The summed E-state index contributed by atoms with van der Waals surface area (Å²) in [6.45, 7) is 10.3. The minimum Gasteiger partial charge on any atom is -0.494 e. The van der Waals surface area contributed by atoms with Crippen molar-refractivity contribution in [1.82, 2.24) is 0 Å². The zero-order chi connectivity index (χ0) is 15.9. The molecule has 0 bridgehead atoms. The van der Waals surface area contributed by atoms with E-state index in [1.165, 1.54) is 22.4 Å². The molecule has 0 amide bonds. The molecule has 1 N–H and O–H groups in total. The lowest BCUT2D eigenvalue weighted by Gasteiger charge is -2.11. The molecule has 0 radical (unpaired) electrons. The van der Waals surface area contributed by atoms with Gasteiger partial charge >= 0.3 is 0 Å². The number of aryl methyl sites for hydroxylation is 2. The van der Waals surface area contributed by atoms with E-state index in [1.54, 1.807) is 0 Å². The van der Waals surface area contributed by atoms with E-state index < -0.39 is 0 Å². The van der Waals surface area contributed by atoms with Crippen molar-refractivity contribution in [3.63, 3.8) is 0 Å². The molecule has 0 aliphatic rings. The van der Waals surface area contributed by atoms with Gasteiger partial charge in [0.25, 0.3) is 0 Å². The van der Waals surface area contributed by atoms with Gasteiger partial charge in [0.05, 0.1) is 6.61 Å². The van der Waals surface area contributed by atoms with E-state index in [-0.39, 0.29) is 0 Å². The molecule has 0 aliphatic heterocycles. The van der Waals surface area contributed by atoms with Crippen LogP contribution in [0.15, 0.2) is 42.5 Å². The quantitative estimate of drug-likeness (QED) is 0.744. The minimum absolute atomic E-state index is 0.682. The standard InChI is InChI=1S/C20H27NO/c1-15(2)11-12-22-19-8-6-18(7-9-19)14-21-20-10-5-16(3)13-17(20)4/h5-10,13,15,21H,11-12,14H2,1-4H3. The third-order valence-corrected chi connectivity index (χ3v) is 3.75. The van der Waals surface area contributed by atoms with Crippen LogP contribution in [0.25, 0.3) is 0 Å². The highest BCUT2D eigenvalue weighted by Crippen LogP contribution is 2.18. The van der Waals surface area contributed by atoms with Crippen LogP contribution in [0.2, 0.25) is 0 Å². The fourth-order valence-corrected chi connectivity index (χ4v) is 2.33. The Morgan fingerprint density at radius 3 is 2.36 bits per heavy atom. The van der Waals surface area contributed by atoms with E-state index >= 15 is 0 Å². The smallest absolute Gasteiger partial charge is 0.119 e. The predicted molar refractivity (Wildman–Crippen MR) is 94.6 cm³/mol. The molecule has 22 heavy (non-hydrogen) atoms. The minimum atomic E-state index is 0.682. The highest BCUT2D eigenvalue weighted by Gasteiger charge is 2.00. The molecule has 0 fully saturated rings. The largest absolute Gasteiger partial charge is 0.494 e. The normalized spacial score (nSPS) is 10.8. The molecule has 118 valence electrons. The molecule has 0 saturated carbocycles. The summed E-state index contributed by atoms with van der Waals surface area (Å²) < 4.78 is 5.75. The Hall–Kier alpha value is -1.96. The van der Waals surface area contributed by atoms with Crippen LogP contribution >= 0.6 is 0 Å². The molecule has 2 heteroatoms. The fourth-order valence-electron chi connectivity index (χ4n) is 2.33. The van der Waals surface area contributed by atoms with E-state index in [0.29, 0.717) is 5.92 Å². The Bertz CT molecular complexity index is 587. The lowest BCUT2D eigenvalue weighted by atomic mass is 10.1. The Kier molecular flexibility index (Phi) is 5.88. The third kappa shape index (κ3) is 5.10. The zero-order valence-electron chi connectivity index (χ0n) is 14.1. The summed E-state index contributed by atoms with van der Waals surface area (Å²) in [5.41, 5.74) is 5.04. The first-order valence-corrected chi connectivity index (χ1v) is 8.07. The Morgan fingerprint density at radius 1 is 1.00 bits per heavy atom. The van der Waals surface area contributed by atoms with Crippen molar-refractivity contribution < 1.29 is 4.74 Å². The van der Waals surface area contributed by atoms with E-state index in [4.69, 9.17) is 4.74 Å². The number of hydrogen-bond acceptors (Lipinski definition) is 2. The van der Waals surface area contributed by atoms with Gasteiger partial charge < -0.3 is 10.1 Å². The van der Waals surface area contributed by atoms with Gasteiger partial charge in [-0.1, -0.05) is 43.7 Å². The Balaban J connectivity index is 1.86. The van der Waals surface area contributed by atoms with Crippen LogP contribution in [-0.2, 0) is 6.54 Å². The average Bonchev–Trinajstić information content (AvgIpc) is 2.47. The number of benzene rings is 2. The van der Waals surface area contributed by atoms with Crippen LogP contribution < -0.4 is 10.1 Å². The molecule has 2 nitrogen and oxygen atoms in total. The first-order chi connectivity index (χ1) is 10.5. The second-order valence-electron chi connectivity index (χ2n) is 6.35. The van der Waals surface area contributed by atoms with Crippen LogP contribution in [0, 0.1) is 19.8 Å². The van der Waals surface area contributed by atoms with Gasteiger partial charge in [0, 0.05) is 12.2 Å². The van der Waals surface area contributed by atoms with E-state index in [9.17, 15) is 0 Å². The van der Waals surface area contributed by atoms with Crippen LogP contribution in [0.4, 0.5) is 5.69 Å². The molecule has 0 atom stereocenters.